The fraction of sp³-hybridized carbons (Fsp3) is 0.435. The number of methoxy groups -OCH3 is 1. The SMILES string of the molecule is CCc1ccc(N2CC(O)(c3ccc(OC)cc3F)[N+]3=C2CCCCC3)cc1.[Br-]. The van der Waals surface area contributed by atoms with Crippen LogP contribution in [0.15, 0.2) is 42.5 Å². The van der Waals surface area contributed by atoms with E-state index in [2.05, 4.69) is 36.1 Å². The van der Waals surface area contributed by atoms with Gasteiger partial charge in [-0.3, -0.25) is 0 Å². The van der Waals surface area contributed by atoms with Crippen molar-refractivity contribution in [3.63, 3.8) is 0 Å². The number of aryl methyl sites for hydroxylation is 1. The minimum absolute atomic E-state index is 0. The summed E-state index contributed by atoms with van der Waals surface area (Å²) in [5, 5.41) is 11.7. The standard InChI is InChI=1S/C23H28FN2O2.BrH/c1-3-17-8-10-18(11-9-17)25-16-23(27,26-14-6-4-5-7-22(25)26)20-13-12-19(28-2)15-21(20)24;/h8-13,15,27H,3-7,14,16H2,1-2H3;1H/q+1;/p-1. The maximum Gasteiger partial charge on any atom is 0.273 e. The average molecular weight is 463 g/mol. The molecule has 0 saturated heterocycles. The highest BCUT2D eigenvalue weighted by molar-refractivity contribution is 5.95. The zero-order valence-corrected chi connectivity index (χ0v) is 18.6. The van der Waals surface area contributed by atoms with Crippen LogP contribution in [0.3, 0.4) is 0 Å². The summed E-state index contributed by atoms with van der Waals surface area (Å²) < 4.78 is 22.1. The van der Waals surface area contributed by atoms with E-state index in [4.69, 9.17) is 4.74 Å². The fourth-order valence-corrected chi connectivity index (χ4v) is 4.40. The summed E-state index contributed by atoms with van der Waals surface area (Å²) in [6.07, 6.45) is 5.06. The first kappa shape index (κ1) is 21.8. The normalized spacial score (nSPS) is 21.4. The number of nitrogens with zero attached hydrogens (tertiary/aromatic N) is 2. The predicted octanol–water partition coefficient (Wildman–Crippen LogP) is 1.05. The summed E-state index contributed by atoms with van der Waals surface area (Å²) in [4.78, 5) is 2.16. The molecular weight excluding hydrogens is 435 g/mol. The molecule has 2 heterocycles. The van der Waals surface area contributed by atoms with Crippen LogP contribution in [0.1, 0.15) is 43.7 Å². The van der Waals surface area contributed by atoms with Crippen molar-refractivity contribution in [2.75, 3.05) is 25.1 Å². The number of ether oxygens (including phenoxy) is 1. The predicted molar refractivity (Wildman–Crippen MR) is 109 cm³/mol. The number of hydrogen-bond donors (Lipinski definition) is 1. The molecule has 0 saturated carbocycles. The van der Waals surface area contributed by atoms with E-state index in [0.29, 0.717) is 17.9 Å². The number of halogens is 2. The highest BCUT2D eigenvalue weighted by atomic mass is 79.9. The van der Waals surface area contributed by atoms with Crippen molar-refractivity contribution in [2.45, 2.75) is 44.8 Å². The second kappa shape index (κ2) is 8.84. The Morgan fingerprint density at radius 2 is 1.90 bits per heavy atom. The molecule has 0 fully saturated rings. The summed E-state index contributed by atoms with van der Waals surface area (Å²) in [6, 6.07) is 13.2. The van der Waals surface area contributed by atoms with Crippen LogP contribution in [0, 0.1) is 5.82 Å². The van der Waals surface area contributed by atoms with Gasteiger partial charge in [-0.15, -0.1) is 0 Å². The topological polar surface area (TPSA) is 35.7 Å². The van der Waals surface area contributed by atoms with Gasteiger partial charge in [-0.1, -0.05) is 19.1 Å². The zero-order valence-electron chi connectivity index (χ0n) is 17.0. The number of hydrogen-bond acceptors (Lipinski definition) is 3. The van der Waals surface area contributed by atoms with Crippen molar-refractivity contribution in [3.05, 3.63) is 59.4 Å². The van der Waals surface area contributed by atoms with E-state index >= 15 is 0 Å². The van der Waals surface area contributed by atoms with Gasteiger partial charge in [0.15, 0.2) is 6.54 Å². The van der Waals surface area contributed by atoms with Crippen molar-refractivity contribution in [3.8, 4) is 5.75 Å². The van der Waals surface area contributed by atoms with Crippen LogP contribution in [-0.2, 0) is 12.1 Å². The quantitative estimate of drug-likeness (QED) is 0.689. The van der Waals surface area contributed by atoms with Gasteiger partial charge in [-0.2, -0.15) is 0 Å². The van der Waals surface area contributed by atoms with E-state index < -0.39 is 11.5 Å². The Bertz CT molecular complexity index is 900. The minimum Gasteiger partial charge on any atom is -1.00 e. The molecule has 29 heavy (non-hydrogen) atoms. The van der Waals surface area contributed by atoms with Crippen LogP contribution in [0.5, 0.6) is 5.75 Å². The smallest absolute Gasteiger partial charge is 0.273 e. The third-order valence-corrected chi connectivity index (χ3v) is 5.99. The Balaban J connectivity index is 0.00000240. The number of aliphatic hydroxyl groups is 1. The zero-order chi connectivity index (χ0) is 19.7. The van der Waals surface area contributed by atoms with E-state index in [1.165, 1.54) is 18.7 Å². The molecule has 0 amide bonds. The van der Waals surface area contributed by atoms with E-state index in [-0.39, 0.29) is 17.0 Å². The highest BCUT2D eigenvalue weighted by Crippen LogP contribution is 2.37. The molecule has 0 spiro atoms. The fourth-order valence-electron chi connectivity index (χ4n) is 4.40. The first-order valence-corrected chi connectivity index (χ1v) is 10.1. The molecule has 1 unspecified atom stereocenters. The molecule has 0 aromatic heterocycles. The van der Waals surface area contributed by atoms with Gasteiger partial charge < -0.3 is 26.8 Å². The van der Waals surface area contributed by atoms with Gasteiger partial charge in [0.05, 0.1) is 19.2 Å². The maximum absolute atomic E-state index is 14.9. The molecule has 1 atom stereocenters. The molecule has 0 aliphatic carbocycles. The lowest BCUT2D eigenvalue weighted by molar-refractivity contribution is -0.658. The average Bonchev–Trinajstić information content (AvgIpc) is 2.87. The molecule has 4 rings (SSSR count). The molecule has 2 aliphatic heterocycles. The molecular formula is C23H28BrFN2O2. The first-order chi connectivity index (χ1) is 13.6. The Morgan fingerprint density at radius 1 is 1.14 bits per heavy atom. The van der Waals surface area contributed by atoms with Crippen LogP contribution in [0.2, 0.25) is 0 Å². The number of rotatable bonds is 4. The molecule has 156 valence electrons. The number of amidine groups is 1. The Labute approximate surface area is 182 Å². The van der Waals surface area contributed by atoms with Crippen LogP contribution in [0.25, 0.3) is 0 Å². The Morgan fingerprint density at radius 3 is 2.55 bits per heavy atom. The molecule has 2 aromatic rings. The van der Waals surface area contributed by atoms with Gasteiger partial charge in [-0.05, 0) is 55.5 Å². The van der Waals surface area contributed by atoms with Crippen molar-refractivity contribution in [1.82, 2.24) is 0 Å². The lowest BCUT2D eigenvalue weighted by Crippen LogP contribution is -3.00. The lowest BCUT2D eigenvalue weighted by Gasteiger charge is -2.24. The Kier molecular flexibility index (Phi) is 6.64. The summed E-state index contributed by atoms with van der Waals surface area (Å²) in [6.45, 7) is 3.18. The van der Waals surface area contributed by atoms with Gasteiger partial charge in [0.2, 0.25) is 0 Å². The van der Waals surface area contributed by atoms with Gasteiger partial charge in [0, 0.05) is 12.5 Å². The van der Waals surface area contributed by atoms with E-state index in [1.807, 2.05) is 4.58 Å². The van der Waals surface area contributed by atoms with Crippen LogP contribution < -0.4 is 26.6 Å². The van der Waals surface area contributed by atoms with Crippen LogP contribution >= 0.6 is 0 Å². The number of anilines is 1. The highest BCUT2D eigenvalue weighted by Gasteiger charge is 2.53. The minimum atomic E-state index is -1.39. The van der Waals surface area contributed by atoms with Crippen molar-refractivity contribution in [2.24, 2.45) is 0 Å². The number of benzene rings is 2. The van der Waals surface area contributed by atoms with E-state index in [1.54, 1.807) is 12.1 Å². The molecule has 0 bridgehead atoms. The van der Waals surface area contributed by atoms with Crippen LogP contribution in [-0.4, -0.2) is 35.7 Å². The molecule has 6 heteroatoms. The van der Waals surface area contributed by atoms with Crippen molar-refractivity contribution >= 4 is 11.5 Å². The maximum atomic E-state index is 14.9. The summed E-state index contributed by atoms with van der Waals surface area (Å²) in [5.41, 5.74) is 1.24. The molecule has 1 N–H and O–H groups in total. The van der Waals surface area contributed by atoms with Gasteiger partial charge in [0.25, 0.3) is 11.6 Å². The molecule has 4 nitrogen and oxygen atoms in total. The van der Waals surface area contributed by atoms with Crippen LogP contribution in [0.4, 0.5) is 10.1 Å². The summed E-state index contributed by atoms with van der Waals surface area (Å²) in [5.74, 6) is 1.10. The summed E-state index contributed by atoms with van der Waals surface area (Å²) >= 11 is 0. The van der Waals surface area contributed by atoms with Gasteiger partial charge >= 0.3 is 0 Å². The Hall–Kier alpha value is -1.92. The van der Waals surface area contributed by atoms with Crippen molar-refractivity contribution < 1.29 is 35.8 Å². The summed E-state index contributed by atoms with van der Waals surface area (Å²) in [7, 11) is 1.51. The van der Waals surface area contributed by atoms with E-state index in [0.717, 1.165) is 50.2 Å². The molecule has 0 radical (unpaired) electrons. The van der Waals surface area contributed by atoms with Crippen molar-refractivity contribution in [1.29, 1.82) is 0 Å². The number of β-amino-alcohol motifs (C(OH)–C–C–N with tert-alkyl or cyclic N) is 1. The lowest BCUT2D eigenvalue weighted by atomic mass is 10.0. The monoisotopic (exact) mass is 462 g/mol. The third-order valence-electron chi connectivity index (χ3n) is 5.99. The third kappa shape index (κ3) is 3.92. The largest absolute Gasteiger partial charge is 1.00 e. The van der Waals surface area contributed by atoms with E-state index in [9.17, 15) is 9.50 Å². The second-order valence-electron chi connectivity index (χ2n) is 7.65. The molecule has 2 aromatic carbocycles. The first-order valence-electron chi connectivity index (χ1n) is 10.1. The van der Waals surface area contributed by atoms with Gasteiger partial charge in [-0.25, -0.2) is 13.9 Å². The molecule has 2 aliphatic rings. The van der Waals surface area contributed by atoms with Gasteiger partial charge in [0.1, 0.15) is 17.3 Å². The second-order valence-corrected chi connectivity index (χ2v) is 7.65.